The van der Waals surface area contributed by atoms with E-state index < -0.39 is 11.7 Å². The van der Waals surface area contributed by atoms with E-state index in [1.165, 1.54) is 16.9 Å². The molecule has 0 bridgehead atoms. The summed E-state index contributed by atoms with van der Waals surface area (Å²) in [5.74, 6) is -0.170. The van der Waals surface area contributed by atoms with Crippen molar-refractivity contribution < 1.29 is 18.0 Å². The summed E-state index contributed by atoms with van der Waals surface area (Å²) in [5, 5.41) is 8.62. The van der Waals surface area contributed by atoms with Gasteiger partial charge < -0.3 is 4.90 Å². The molecule has 0 radical (unpaired) electrons. The van der Waals surface area contributed by atoms with Crippen LogP contribution in [-0.4, -0.2) is 42.4 Å². The van der Waals surface area contributed by atoms with Crippen LogP contribution in [0.15, 0.2) is 67.3 Å². The van der Waals surface area contributed by atoms with Gasteiger partial charge in [-0.15, -0.1) is 0 Å². The summed E-state index contributed by atoms with van der Waals surface area (Å²) in [7, 11) is 1.68. The third-order valence-electron chi connectivity index (χ3n) is 5.30. The summed E-state index contributed by atoms with van der Waals surface area (Å²) < 4.78 is 41.8. The van der Waals surface area contributed by atoms with Crippen molar-refractivity contribution >= 4 is 5.91 Å². The number of pyridine rings is 1. The third-order valence-corrected chi connectivity index (χ3v) is 5.30. The number of halogens is 3. The Morgan fingerprint density at radius 1 is 1.03 bits per heavy atom. The Hall–Kier alpha value is -3.95. The first kappa shape index (κ1) is 23.2. The van der Waals surface area contributed by atoms with E-state index in [-0.39, 0.29) is 17.6 Å². The molecule has 0 saturated heterocycles. The first-order valence-electron chi connectivity index (χ1n) is 10.6. The van der Waals surface area contributed by atoms with Gasteiger partial charge in [-0.1, -0.05) is 32.0 Å². The molecule has 34 heavy (non-hydrogen) atoms. The van der Waals surface area contributed by atoms with E-state index >= 15 is 0 Å². The van der Waals surface area contributed by atoms with Crippen LogP contribution in [0.2, 0.25) is 0 Å². The lowest BCUT2D eigenvalue weighted by molar-refractivity contribution is -0.137. The van der Waals surface area contributed by atoms with Gasteiger partial charge in [-0.2, -0.15) is 23.4 Å². The van der Waals surface area contributed by atoms with E-state index in [1.807, 2.05) is 50.4 Å². The SMILES string of the molecule is CC(C)c1c(C(=O)N(C)Cc2cnn(-c3ccccc3)c2)cnn1-c1ccc(C(F)(F)F)cn1. The molecule has 4 aromatic rings. The normalized spacial score (nSPS) is 11.7. The van der Waals surface area contributed by atoms with E-state index in [1.54, 1.807) is 22.8 Å². The van der Waals surface area contributed by atoms with E-state index in [0.717, 1.165) is 23.5 Å². The lowest BCUT2D eigenvalue weighted by Crippen LogP contribution is -2.27. The van der Waals surface area contributed by atoms with Gasteiger partial charge in [0, 0.05) is 31.5 Å². The van der Waals surface area contributed by atoms with Crippen molar-refractivity contribution in [1.29, 1.82) is 0 Å². The molecule has 0 unspecified atom stereocenters. The molecule has 1 aromatic carbocycles. The minimum Gasteiger partial charge on any atom is -0.337 e. The Morgan fingerprint density at radius 3 is 2.38 bits per heavy atom. The largest absolute Gasteiger partial charge is 0.417 e. The predicted molar refractivity (Wildman–Crippen MR) is 120 cm³/mol. The number of amides is 1. The molecule has 3 heterocycles. The van der Waals surface area contributed by atoms with Gasteiger partial charge in [0.15, 0.2) is 5.82 Å². The molecule has 0 fully saturated rings. The maximum absolute atomic E-state index is 13.3. The number of carbonyl (C=O) groups excluding carboxylic acids is 1. The summed E-state index contributed by atoms with van der Waals surface area (Å²) >= 11 is 0. The lowest BCUT2D eigenvalue weighted by Gasteiger charge is -2.18. The number of para-hydroxylation sites is 1. The summed E-state index contributed by atoms with van der Waals surface area (Å²) in [6.07, 6.45) is 1.28. The maximum atomic E-state index is 13.3. The molecule has 0 spiro atoms. The van der Waals surface area contributed by atoms with Crippen LogP contribution in [0.5, 0.6) is 0 Å². The second-order valence-electron chi connectivity index (χ2n) is 8.20. The Balaban J connectivity index is 1.56. The highest BCUT2D eigenvalue weighted by molar-refractivity contribution is 5.95. The van der Waals surface area contributed by atoms with Crippen LogP contribution < -0.4 is 0 Å². The first-order valence-corrected chi connectivity index (χ1v) is 10.6. The lowest BCUT2D eigenvalue weighted by atomic mass is 10.0. The van der Waals surface area contributed by atoms with Gasteiger partial charge in [0.2, 0.25) is 0 Å². The predicted octanol–water partition coefficient (Wildman–Crippen LogP) is 4.87. The minimum absolute atomic E-state index is 0.125. The topological polar surface area (TPSA) is 68.8 Å². The van der Waals surface area contributed by atoms with Gasteiger partial charge in [-0.05, 0) is 30.2 Å². The zero-order chi connectivity index (χ0) is 24.5. The van der Waals surface area contributed by atoms with E-state index in [2.05, 4.69) is 15.2 Å². The second kappa shape index (κ2) is 9.12. The van der Waals surface area contributed by atoms with Crippen LogP contribution >= 0.6 is 0 Å². The maximum Gasteiger partial charge on any atom is 0.417 e. The summed E-state index contributed by atoms with van der Waals surface area (Å²) in [6, 6.07) is 11.8. The summed E-state index contributed by atoms with van der Waals surface area (Å²) in [6.45, 7) is 4.10. The molecular weight excluding hydrogens is 445 g/mol. The molecule has 0 aliphatic heterocycles. The highest BCUT2D eigenvalue weighted by Gasteiger charge is 2.31. The average molecular weight is 468 g/mol. The number of alkyl halides is 3. The van der Waals surface area contributed by atoms with Gasteiger partial charge in [0.1, 0.15) is 0 Å². The van der Waals surface area contributed by atoms with Crippen LogP contribution in [0.4, 0.5) is 13.2 Å². The molecule has 4 rings (SSSR count). The molecule has 0 saturated carbocycles. The minimum atomic E-state index is -4.48. The van der Waals surface area contributed by atoms with Crippen LogP contribution in [0.1, 0.15) is 46.9 Å². The number of nitrogens with zero attached hydrogens (tertiary/aromatic N) is 6. The second-order valence-corrected chi connectivity index (χ2v) is 8.20. The fourth-order valence-electron chi connectivity index (χ4n) is 3.65. The molecule has 0 N–H and O–H groups in total. The van der Waals surface area contributed by atoms with E-state index in [0.29, 0.717) is 17.8 Å². The quantitative estimate of drug-likeness (QED) is 0.405. The summed E-state index contributed by atoms with van der Waals surface area (Å²) in [5.41, 5.74) is 1.86. The van der Waals surface area contributed by atoms with Gasteiger partial charge in [0.05, 0.1) is 34.9 Å². The van der Waals surface area contributed by atoms with Crippen molar-refractivity contribution in [2.45, 2.75) is 32.5 Å². The number of hydrogen-bond donors (Lipinski definition) is 0. The van der Waals surface area contributed by atoms with E-state index in [4.69, 9.17) is 0 Å². The standard InChI is InChI=1S/C24H23F3N6O/c1-16(2)22-20(13-30-33(22)21-10-9-18(12-28-21)24(25,26)27)23(34)31(3)14-17-11-29-32(15-17)19-7-5-4-6-8-19/h4-13,15-16H,14H2,1-3H3. The van der Waals surface area contributed by atoms with Crippen LogP contribution in [-0.2, 0) is 12.7 Å². The number of hydrogen-bond acceptors (Lipinski definition) is 4. The third kappa shape index (κ3) is 4.70. The van der Waals surface area contributed by atoms with Gasteiger partial charge >= 0.3 is 6.18 Å². The molecule has 176 valence electrons. The fraction of sp³-hybridized carbons (Fsp3) is 0.250. The van der Waals surface area contributed by atoms with Crippen molar-refractivity contribution in [3.05, 3.63) is 89.6 Å². The monoisotopic (exact) mass is 468 g/mol. The van der Waals surface area contributed by atoms with Gasteiger partial charge in [0.25, 0.3) is 5.91 Å². The van der Waals surface area contributed by atoms with Crippen molar-refractivity contribution in [3.63, 3.8) is 0 Å². The highest BCUT2D eigenvalue weighted by Crippen LogP contribution is 2.29. The van der Waals surface area contributed by atoms with Crippen LogP contribution in [0.3, 0.4) is 0 Å². The van der Waals surface area contributed by atoms with Crippen molar-refractivity contribution in [3.8, 4) is 11.5 Å². The molecule has 0 atom stereocenters. The average Bonchev–Trinajstić information content (AvgIpc) is 3.46. The Kier molecular flexibility index (Phi) is 6.23. The highest BCUT2D eigenvalue weighted by atomic mass is 19.4. The van der Waals surface area contributed by atoms with E-state index in [9.17, 15) is 18.0 Å². The summed E-state index contributed by atoms with van der Waals surface area (Å²) in [4.78, 5) is 18.7. The fourth-order valence-corrected chi connectivity index (χ4v) is 3.65. The van der Waals surface area contributed by atoms with Gasteiger partial charge in [-0.3, -0.25) is 4.79 Å². The van der Waals surface area contributed by atoms with Gasteiger partial charge in [-0.25, -0.2) is 14.3 Å². The Morgan fingerprint density at radius 2 is 1.76 bits per heavy atom. The van der Waals surface area contributed by atoms with Crippen molar-refractivity contribution in [2.75, 3.05) is 7.05 Å². The molecule has 0 aliphatic rings. The number of carbonyl (C=O) groups is 1. The smallest absolute Gasteiger partial charge is 0.337 e. The van der Waals surface area contributed by atoms with Crippen molar-refractivity contribution in [1.82, 2.24) is 29.4 Å². The zero-order valence-electron chi connectivity index (χ0n) is 18.9. The molecule has 1 amide bonds. The molecule has 3 aromatic heterocycles. The Bertz CT molecular complexity index is 1280. The zero-order valence-corrected chi connectivity index (χ0v) is 18.9. The first-order chi connectivity index (χ1) is 16.1. The molecule has 0 aliphatic carbocycles. The number of aromatic nitrogens is 5. The molecule has 7 nitrogen and oxygen atoms in total. The number of benzene rings is 1. The van der Waals surface area contributed by atoms with Crippen molar-refractivity contribution in [2.24, 2.45) is 0 Å². The van der Waals surface area contributed by atoms with Crippen LogP contribution in [0, 0.1) is 0 Å². The molecule has 10 heteroatoms. The molecular formula is C24H23F3N6O. The number of rotatable bonds is 6. The Labute approximate surface area is 194 Å². The van der Waals surface area contributed by atoms with Crippen LogP contribution in [0.25, 0.3) is 11.5 Å².